The summed E-state index contributed by atoms with van der Waals surface area (Å²) in [6.45, 7) is 2.11. The first-order valence-corrected chi connectivity index (χ1v) is 6.52. The van der Waals surface area contributed by atoms with Crippen LogP contribution in [0.1, 0.15) is 5.56 Å². The van der Waals surface area contributed by atoms with Crippen LogP contribution in [0.25, 0.3) is 0 Å². The van der Waals surface area contributed by atoms with Crippen LogP contribution >= 0.6 is 0 Å². The first-order valence-electron chi connectivity index (χ1n) is 5.00. The summed E-state index contributed by atoms with van der Waals surface area (Å²) in [6.07, 6.45) is 0. The van der Waals surface area contributed by atoms with Gasteiger partial charge < -0.3 is 0 Å². The van der Waals surface area contributed by atoms with E-state index in [1.165, 1.54) is 15.4 Å². The standard InChI is InChI=1S/C14H14S/c1-12-8-10-14(11-9-12)15(2)13-6-4-3-5-7-13/h3-11H,2H2,1H3/p+1. The fourth-order valence-electron chi connectivity index (χ4n) is 1.48. The third-order valence-electron chi connectivity index (χ3n) is 2.41. The summed E-state index contributed by atoms with van der Waals surface area (Å²) in [4.78, 5) is 2.66. The van der Waals surface area contributed by atoms with Crippen molar-refractivity contribution in [3.63, 3.8) is 0 Å². The molecule has 2 aromatic carbocycles. The SMILES string of the molecule is C=[SH+](c1ccccc1)c1ccc(C)cc1. The molecule has 0 aliphatic rings. The van der Waals surface area contributed by atoms with Crippen molar-refractivity contribution in [2.24, 2.45) is 0 Å². The number of hydrogen-bond donors (Lipinski definition) is 0. The number of hydrogen-bond acceptors (Lipinski definition) is 0. The van der Waals surface area contributed by atoms with Crippen molar-refractivity contribution in [1.82, 2.24) is 0 Å². The van der Waals surface area contributed by atoms with Gasteiger partial charge in [-0.3, -0.25) is 0 Å². The predicted octanol–water partition coefficient (Wildman–Crippen LogP) is 3.20. The first kappa shape index (κ1) is 10.2. The Morgan fingerprint density at radius 1 is 0.800 bits per heavy atom. The van der Waals surface area contributed by atoms with Crippen LogP contribution in [0.5, 0.6) is 0 Å². The van der Waals surface area contributed by atoms with Crippen LogP contribution in [0.2, 0.25) is 0 Å². The third kappa shape index (κ3) is 2.37. The van der Waals surface area contributed by atoms with E-state index in [9.17, 15) is 0 Å². The van der Waals surface area contributed by atoms with Crippen LogP contribution in [0.3, 0.4) is 0 Å². The van der Waals surface area contributed by atoms with Crippen molar-refractivity contribution in [2.75, 3.05) is 0 Å². The lowest BCUT2D eigenvalue weighted by molar-refractivity contribution is 1.35. The largest absolute Gasteiger partial charge is 0.121 e. The minimum absolute atomic E-state index is 0.433. The molecule has 0 aliphatic heterocycles. The van der Waals surface area contributed by atoms with E-state index in [1.807, 2.05) is 6.07 Å². The Balaban J connectivity index is 2.33. The fourth-order valence-corrected chi connectivity index (χ4v) is 2.82. The topological polar surface area (TPSA) is 0 Å². The normalized spacial score (nSPS) is 12.3. The maximum absolute atomic E-state index is 4.27. The minimum Gasteiger partial charge on any atom is -0.0789 e. The summed E-state index contributed by atoms with van der Waals surface area (Å²) in [5.41, 5.74) is 1.30. The van der Waals surface area contributed by atoms with Gasteiger partial charge in [-0.25, -0.2) is 0 Å². The summed E-state index contributed by atoms with van der Waals surface area (Å²) < 4.78 is 0. The molecule has 0 bridgehead atoms. The lowest BCUT2D eigenvalue weighted by Gasteiger charge is -2.01. The van der Waals surface area contributed by atoms with Gasteiger partial charge in [0.25, 0.3) is 0 Å². The first-order chi connectivity index (χ1) is 7.27. The Morgan fingerprint density at radius 2 is 1.33 bits per heavy atom. The minimum atomic E-state index is -0.433. The van der Waals surface area contributed by atoms with Gasteiger partial charge in [-0.05, 0) is 31.2 Å². The van der Waals surface area contributed by atoms with Gasteiger partial charge in [-0.1, -0.05) is 46.4 Å². The van der Waals surface area contributed by atoms with Crippen LogP contribution in [-0.2, 0) is 10.5 Å². The number of rotatable bonds is 2. The second kappa shape index (κ2) is 4.45. The summed E-state index contributed by atoms with van der Waals surface area (Å²) in [7, 11) is -0.433. The van der Waals surface area contributed by atoms with Crippen LogP contribution in [-0.4, -0.2) is 5.87 Å². The zero-order valence-corrected chi connectivity index (χ0v) is 9.74. The summed E-state index contributed by atoms with van der Waals surface area (Å²) in [5, 5.41) is 0. The highest BCUT2D eigenvalue weighted by molar-refractivity contribution is 7.94. The molecular weight excluding hydrogens is 200 g/mol. The molecule has 2 aromatic rings. The van der Waals surface area contributed by atoms with Crippen molar-refractivity contribution >= 4 is 16.4 Å². The lowest BCUT2D eigenvalue weighted by atomic mass is 10.2. The molecule has 76 valence electrons. The molecule has 0 amide bonds. The molecule has 0 aromatic heterocycles. The van der Waals surface area contributed by atoms with Gasteiger partial charge in [-0.15, -0.1) is 0 Å². The zero-order valence-electron chi connectivity index (χ0n) is 8.85. The zero-order chi connectivity index (χ0) is 10.7. The Hall–Kier alpha value is -1.34. The van der Waals surface area contributed by atoms with Crippen molar-refractivity contribution in [3.05, 3.63) is 60.2 Å². The van der Waals surface area contributed by atoms with Crippen LogP contribution in [0.15, 0.2) is 64.4 Å². The molecule has 15 heavy (non-hydrogen) atoms. The smallest absolute Gasteiger partial charge is 0.0789 e. The van der Waals surface area contributed by atoms with E-state index in [0.29, 0.717) is 0 Å². The second-order valence-corrected chi connectivity index (χ2v) is 5.49. The molecule has 0 saturated carbocycles. The van der Waals surface area contributed by atoms with Crippen molar-refractivity contribution in [1.29, 1.82) is 0 Å². The Labute approximate surface area is 93.5 Å². The van der Waals surface area contributed by atoms with Gasteiger partial charge in [0, 0.05) is 0 Å². The van der Waals surface area contributed by atoms with Crippen molar-refractivity contribution in [3.8, 4) is 0 Å². The molecule has 0 saturated heterocycles. The maximum Gasteiger partial charge on any atom is 0.121 e. The van der Waals surface area contributed by atoms with Gasteiger partial charge in [-0.2, -0.15) is 0 Å². The molecule has 0 nitrogen and oxygen atoms in total. The summed E-state index contributed by atoms with van der Waals surface area (Å²) in [5.74, 6) is 4.27. The molecule has 0 fully saturated rings. The average Bonchev–Trinajstić information content (AvgIpc) is 2.30. The highest BCUT2D eigenvalue weighted by Crippen LogP contribution is 2.16. The van der Waals surface area contributed by atoms with E-state index < -0.39 is 10.5 Å². The molecule has 1 atom stereocenters. The van der Waals surface area contributed by atoms with E-state index in [-0.39, 0.29) is 0 Å². The van der Waals surface area contributed by atoms with E-state index in [4.69, 9.17) is 0 Å². The molecule has 1 heteroatoms. The van der Waals surface area contributed by atoms with E-state index in [0.717, 1.165) is 0 Å². The van der Waals surface area contributed by atoms with Crippen LogP contribution in [0, 0.1) is 6.92 Å². The molecule has 1 unspecified atom stereocenters. The summed E-state index contributed by atoms with van der Waals surface area (Å²) in [6, 6.07) is 19.2. The van der Waals surface area contributed by atoms with Gasteiger partial charge in [0.15, 0.2) is 0 Å². The predicted molar refractivity (Wildman–Crippen MR) is 70.0 cm³/mol. The van der Waals surface area contributed by atoms with Gasteiger partial charge >= 0.3 is 0 Å². The highest BCUT2D eigenvalue weighted by Gasteiger charge is 2.05. The van der Waals surface area contributed by atoms with Crippen LogP contribution < -0.4 is 0 Å². The highest BCUT2D eigenvalue weighted by atomic mass is 32.2. The number of benzene rings is 2. The Morgan fingerprint density at radius 3 is 1.93 bits per heavy atom. The monoisotopic (exact) mass is 215 g/mol. The average molecular weight is 215 g/mol. The molecule has 0 radical (unpaired) electrons. The quantitative estimate of drug-likeness (QED) is 0.410. The number of thiol groups is 1. The van der Waals surface area contributed by atoms with Gasteiger partial charge in [0.05, 0.1) is 5.87 Å². The van der Waals surface area contributed by atoms with E-state index in [1.54, 1.807) is 0 Å². The van der Waals surface area contributed by atoms with Crippen molar-refractivity contribution < 1.29 is 0 Å². The molecular formula is C14H15S+. The summed E-state index contributed by atoms with van der Waals surface area (Å²) >= 11 is 0. The van der Waals surface area contributed by atoms with E-state index in [2.05, 4.69) is 61.3 Å². The third-order valence-corrected chi connectivity index (χ3v) is 4.26. The number of aryl methyl sites for hydroxylation is 1. The lowest BCUT2D eigenvalue weighted by Crippen LogP contribution is -1.91. The Bertz CT molecular complexity index is 454. The fraction of sp³-hybridized carbons (Fsp3) is 0.0714. The maximum atomic E-state index is 4.27. The molecule has 0 heterocycles. The second-order valence-electron chi connectivity index (χ2n) is 3.60. The molecule has 0 N–H and O–H groups in total. The van der Waals surface area contributed by atoms with Crippen molar-refractivity contribution in [2.45, 2.75) is 16.7 Å². The Kier molecular flexibility index (Phi) is 3.02. The molecule has 0 spiro atoms. The van der Waals surface area contributed by atoms with Gasteiger partial charge in [0.2, 0.25) is 0 Å². The van der Waals surface area contributed by atoms with Gasteiger partial charge in [0.1, 0.15) is 9.79 Å². The molecule has 2 rings (SSSR count). The van der Waals surface area contributed by atoms with Crippen LogP contribution in [0.4, 0.5) is 0 Å². The van der Waals surface area contributed by atoms with E-state index >= 15 is 0 Å². The molecule has 0 aliphatic carbocycles.